The van der Waals surface area contributed by atoms with Gasteiger partial charge in [-0.1, -0.05) is 188 Å². The number of hydrogen-bond donors (Lipinski definition) is 0. The van der Waals surface area contributed by atoms with Gasteiger partial charge in [-0.2, -0.15) is 0 Å². The van der Waals surface area contributed by atoms with Gasteiger partial charge in [-0.05, 0) is 179 Å². The van der Waals surface area contributed by atoms with E-state index >= 15 is 0 Å². The van der Waals surface area contributed by atoms with Crippen LogP contribution >= 0.6 is 0 Å². The maximum absolute atomic E-state index is 2.52. The van der Waals surface area contributed by atoms with Gasteiger partial charge in [-0.25, -0.2) is 0 Å². The van der Waals surface area contributed by atoms with E-state index in [1.807, 2.05) is 0 Å². The third kappa shape index (κ3) is 6.55. The SMILES string of the molecule is c1ccc2c(c1)CCc1ccccc1N2c1ccc2c(-c3cccc4ccccc34)c3cc(N4c5ccccc5CCc5ccccc54)ccc3c(-c3ccccc3-c3ccc4ccccc4c3)c2c1. The van der Waals surface area contributed by atoms with Gasteiger partial charge in [0.25, 0.3) is 0 Å². The largest absolute Gasteiger partial charge is 0.310 e. The quantitative estimate of drug-likeness (QED) is 0.159. The Morgan fingerprint density at radius 2 is 0.657 bits per heavy atom. The first-order valence-electron chi connectivity index (χ1n) is 24.8. The summed E-state index contributed by atoms with van der Waals surface area (Å²) in [4.78, 5) is 5.05. The first-order valence-corrected chi connectivity index (χ1v) is 24.8. The molecule has 0 saturated heterocycles. The van der Waals surface area contributed by atoms with E-state index in [4.69, 9.17) is 0 Å². The van der Waals surface area contributed by atoms with Gasteiger partial charge >= 0.3 is 0 Å². The molecule has 0 radical (unpaired) electrons. The van der Waals surface area contributed by atoms with Crippen LogP contribution < -0.4 is 9.80 Å². The summed E-state index contributed by atoms with van der Waals surface area (Å²) in [5.41, 5.74) is 20.0. The molecule has 2 nitrogen and oxygen atoms in total. The van der Waals surface area contributed by atoms with Crippen LogP contribution in [-0.2, 0) is 25.7 Å². The molecule has 330 valence electrons. The molecule has 12 aromatic carbocycles. The summed E-state index contributed by atoms with van der Waals surface area (Å²) in [5, 5.41) is 9.84. The average Bonchev–Trinajstić information content (AvgIpc) is 3.70. The fraction of sp³-hybridized carbons (Fsp3) is 0.0588. The topological polar surface area (TPSA) is 6.48 Å². The highest BCUT2D eigenvalue weighted by Gasteiger charge is 2.27. The fourth-order valence-electron chi connectivity index (χ4n) is 11.9. The second kappa shape index (κ2) is 16.5. The standard InChI is InChI=1S/C68H48N2/c1-2-22-51-42-52(37-32-45(51)16-1)56-25-9-10-26-57(56)67-59-40-38-54(70-65-30-13-6-20-49(65)35-36-50-21-7-14-31-66(50)70)44-62(59)68(58-27-15-23-46-17-3-8-24-55(46)58)60-41-39-53(43-61(60)67)69-63-28-11-4-18-47(63)33-34-48-19-5-12-29-64(48)69/h1-32,37-44H,33-36H2. The van der Waals surface area contributed by atoms with Crippen LogP contribution in [0, 0.1) is 0 Å². The molecule has 0 atom stereocenters. The van der Waals surface area contributed by atoms with Crippen molar-refractivity contribution in [3.8, 4) is 33.4 Å². The fourth-order valence-corrected chi connectivity index (χ4v) is 11.9. The van der Waals surface area contributed by atoms with Gasteiger partial charge in [0, 0.05) is 34.1 Å². The van der Waals surface area contributed by atoms with E-state index in [-0.39, 0.29) is 0 Å². The summed E-state index contributed by atoms with van der Waals surface area (Å²) in [7, 11) is 0. The molecular weight excluding hydrogens is 845 g/mol. The molecule has 70 heavy (non-hydrogen) atoms. The van der Waals surface area contributed by atoms with Crippen LogP contribution in [0.3, 0.4) is 0 Å². The molecule has 0 spiro atoms. The average molecular weight is 893 g/mol. The lowest BCUT2D eigenvalue weighted by molar-refractivity contribution is 0.977. The minimum Gasteiger partial charge on any atom is -0.310 e. The number of fused-ring (bicyclic) bond motifs is 8. The molecule has 2 heteroatoms. The van der Waals surface area contributed by atoms with Gasteiger partial charge in [0.15, 0.2) is 0 Å². The normalized spacial score (nSPS) is 13.1. The van der Waals surface area contributed by atoms with E-state index in [1.165, 1.54) is 121 Å². The monoisotopic (exact) mass is 892 g/mol. The lowest BCUT2D eigenvalue weighted by Crippen LogP contribution is -2.12. The van der Waals surface area contributed by atoms with Crippen molar-refractivity contribution in [2.24, 2.45) is 0 Å². The Labute approximate surface area is 409 Å². The van der Waals surface area contributed by atoms with Crippen molar-refractivity contribution in [2.75, 3.05) is 9.80 Å². The lowest BCUT2D eigenvalue weighted by atomic mass is 9.82. The molecule has 2 heterocycles. The van der Waals surface area contributed by atoms with Crippen molar-refractivity contribution >= 4 is 77.2 Å². The van der Waals surface area contributed by atoms with Crippen LogP contribution in [0.15, 0.2) is 243 Å². The summed E-state index contributed by atoms with van der Waals surface area (Å²) in [6.07, 6.45) is 3.97. The number of hydrogen-bond acceptors (Lipinski definition) is 2. The van der Waals surface area contributed by atoms with Crippen LogP contribution in [0.2, 0.25) is 0 Å². The zero-order valence-corrected chi connectivity index (χ0v) is 38.8. The van der Waals surface area contributed by atoms with Gasteiger partial charge in [0.05, 0.1) is 0 Å². The Morgan fingerprint density at radius 1 is 0.243 bits per heavy atom. The molecule has 2 aliphatic heterocycles. The number of aryl methyl sites for hydroxylation is 4. The van der Waals surface area contributed by atoms with Crippen LogP contribution in [0.5, 0.6) is 0 Å². The third-order valence-corrected chi connectivity index (χ3v) is 15.2. The molecule has 0 N–H and O–H groups in total. The molecule has 14 rings (SSSR count). The minimum atomic E-state index is 0.992. The zero-order chi connectivity index (χ0) is 46.1. The number of benzene rings is 12. The third-order valence-electron chi connectivity index (χ3n) is 15.2. The Hall–Kier alpha value is -8.72. The summed E-state index contributed by atoms with van der Waals surface area (Å²) >= 11 is 0. The second-order valence-corrected chi connectivity index (χ2v) is 19.0. The van der Waals surface area contributed by atoms with Crippen molar-refractivity contribution in [2.45, 2.75) is 25.7 Å². The summed E-state index contributed by atoms with van der Waals surface area (Å²) in [5.74, 6) is 0. The summed E-state index contributed by atoms with van der Waals surface area (Å²) in [6.45, 7) is 0. The molecule has 2 aliphatic rings. The van der Waals surface area contributed by atoms with Crippen molar-refractivity contribution in [3.63, 3.8) is 0 Å². The zero-order valence-electron chi connectivity index (χ0n) is 38.8. The highest BCUT2D eigenvalue weighted by molar-refractivity contribution is 6.25. The molecule has 0 fully saturated rings. The van der Waals surface area contributed by atoms with Gasteiger partial charge < -0.3 is 9.80 Å². The molecular formula is C68H48N2. The van der Waals surface area contributed by atoms with Crippen LogP contribution in [0.25, 0.3) is 76.5 Å². The van der Waals surface area contributed by atoms with Crippen molar-refractivity contribution in [3.05, 3.63) is 265 Å². The highest BCUT2D eigenvalue weighted by Crippen LogP contribution is 2.52. The maximum Gasteiger partial charge on any atom is 0.0493 e. The maximum atomic E-state index is 2.52. The Kier molecular flexibility index (Phi) is 9.52. The number of rotatable bonds is 5. The van der Waals surface area contributed by atoms with Gasteiger partial charge in [-0.15, -0.1) is 0 Å². The van der Waals surface area contributed by atoms with Gasteiger partial charge in [0.1, 0.15) is 0 Å². The predicted octanol–water partition coefficient (Wildman–Crippen LogP) is 18.4. The van der Waals surface area contributed by atoms with Crippen molar-refractivity contribution < 1.29 is 0 Å². The van der Waals surface area contributed by atoms with E-state index < -0.39 is 0 Å². The van der Waals surface area contributed by atoms with E-state index in [0.29, 0.717) is 0 Å². The number of nitrogens with zero attached hydrogens (tertiary/aromatic N) is 2. The van der Waals surface area contributed by atoms with Gasteiger partial charge in [-0.3, -0.25) is 0 Å². The van der Waals surface area contributed by atoms with Crippen LogP contribution in [0.1, 0.15) is 22.3 Å². The summed E-state index contributed by atoms with van der Waals surface area (Å²) < 4.78 is 0. The lowest BCUT2D eigenvalue weighted by Gasteiger charge is -2.29. The minimum absolute atomic E-state index is 0.992. The van der Waals surface area contributed by atoms with E-state index in [9.17, 15) is 0 Å². The molecule has 0 saturated carbocycles. The van der Waals surface area contributed by atoms with E-state index in [2.05, 4.69) is 252 Å². The van der Waals surface area contributed by atoms with Gasteiger partial charge in [0.2, 0.25) is 0 Å². The smallest absolute Gasteiger partial charge is 0.0493 e. The van der Waals surface area contributed by atoms with E-state index in [0.717, 1.165) is 37.1 Å². The Balaban J connectivity index is 1.13. The molecule has 0 unspecified atom stereocenters. The Bertz CT molecular complexity index is 3950. The summed E-state index contributed by atoms with van der Waals surface area (Å²) in [6, 6.07) is 91.1. The molecule has 12 aromatic rings. The van der Waals surface area contributed by atoms with Crippen LogP contribution in [-0.4, -0.2) is 0 Å². The first-order chi connectivity index (χ1) is 34.7. The van der Waals surface area contributed by atoms with Crippen molar-refractivity contribution in [1.29, 1.82) is 0 Å². The molecule has 0 bridgehead atoms. The predicted molar refractivity (Wildman–Crippen MR) is 297 cm³/mol. The first kappa shape index (κ1) is 40.4. The molecule has 0 amide bonds. The Morgan fingerprint density at radius 3 is 1.21 bits per heavy atom. The number of para-hydroxylation sites is 4. The number of anilines is 6. The molecule has 0 aromatic heterocycles. The molecule has 0 aliphatic carbocycles. The van der Waals surface area contributed by atoms with Crippen LogP contribution in [0.4, 0.5) is 34.1 Å². The highest BCUT2D eigenvalue weighted by atomic mass is 15.2. The second-order valence-electron chi connectivity index (χ2n) is 19.0. The van der Waals surface area contributed by atoms with Crippen molar-refractivity contribution in [1.82, 2.24) is 0 Å². The van der Waals surface area contributed by atoms with E-state index in [1.54, 1.807) is 0 Å².